The van der Waals surface area contributed by atoms with Gasteiger partial charge >= 0.3 is 0 Å². The number of hydrogen-bond acceptors (Lipinski definition) is 1. The molecule has 0 saturated carbocycles. The second kappa shape index (κ2) is 6.97. The summed E-state index contributed by atoms with van der Waals surface area (Å²) in [6.07, 6.45) is 3.25. The van der Waals surface area contributed by atoms with Gasteiger partial charge in [-0.05, 0) is 31.0 Å². The van der Waals surface area contributed by atoms with Crippen LogP contribution in [0.15, 0.2) is 54.7 Å². The molecular formula is C20H23FN2. The number of para-hydroxylation sites is 1. The van der Waals surface area contributed by atoms with E-state index in [9.17, 15) is 4.39 Å². The number of hydrogen-bond donors (Lipinski definition) is 1. The van der Waals surface area contributed by atoms with Gasteiger partial charge < -0.3 is 9.88 Å². The van der Waals surface area contributed by atoms with E-state index in [4.69, 9.17) is 0 Å². The van der Waals surface area contributed by atoms with Gasteiger partial charge in [0, 0.05) is 35.2 Å². The van der Waals surface area contributed by atoms with Gasteiger partial charge in [0.05, 0.1) is 6.54 Å². The molecular weight excluding hydrogens is 287 g/mol. The molecule has 120 valence electrons. The van der Waals surface area contributed by atoms with Crippen molar-refractivity contribution in [1.82, 2.24) is 9.88 Å². The first-order chi connectivity index (χ1) is 11.2. The molecule has 3 heteroatoms. The molecule has 0 aliphatic rings. The zero-order chi connectivity index (χ0) is 16.2. The summed E-state index contributed by atoms with van der Waals surface area (Å²) in [5.41, 5.74) is 3.13. The van der Waals surface area contributed by atoms with Gasteiger partial charge in [-0.15, -0.1) is 0 Å². The summed E-state index contributed by atoms with van der Waals surface area (Å²) >= 11 is 0. The van der Waals surface area contributed by atoms with Crippen molar-refractivity contribution in [3.63, 3.8) is 0 Å². The summed E-state index contributed by atoms with van der Waals surface area (Å²) in [6.45, 7) is 5.76. The number of nitrogens with zero attached hydrogens (tertiary/aromatic N) is 1. The topological polar surface area (TPSA) is 17.0 Å². The Labute approximate surface area is 136 Å². The van der Waals surface area contributed by atoms with E-state index in [0.717, 1.165) is 24.0 Å². The molecule has 1 N–H and O–H groups in total. The fraction of sp³-hybridized carbons (Fsp3) is 0.300. The van der Waals surface area contributed by atoms with Gasteiger partial charge in [0.1, 0.15) is 5.82 Å². The van der Waals surface area contributed by atoms with Crippen molar-refractivity contribution >= 4 is 10.9 Å². The zero-order valence-electron chi connectivity index (χ0n) is 13.7. The smallest absolute Gasteiger partial charge is 0.128 e. The highest BCUT2D eigenvalue weighted by molar-refractivity contribution is 5.84. The first-order valence-electron chi connectivity index (χ1n) is 8.22. The van der Waals surface area contributed by atoms with Crippen LogP contribution in [-0.4, -0.2) is 10.6 Å². The molecule has 2 aromatic carbocycles. The number of halogens is 1. The molecule has 0 fully saturated rings. The Kier molecular flexibility index (Phi) is 4.77. The Balaban J connectivity index is 1.93. The van der Waals surface area contributed by atoms with E-state index >= 15 is 0 Å². The standard InChI is InChI=1S/C20H23FN2/c1-3-15(2)22-12-17-14-23(20-11-7-5-9-18(17)20)13-16-8-4-6-10-19(16)21/h4-11,14-15,22H,3,12-13H2,1-2H3/t15-/m0/s1. The summed E-state index contributed by atoms with van der Waals surface area (Å²) in [5, 5.41) is 4.78. The van der Waals surface area contributed by atoms with Crippen molar-refractivity contribution in [1.29, 1.82) is 0 Å². The van der Waals surface area contributed by atoms with E-state index in [1.165, 1.54) is 17.0 Å². The van der Waals surface area contributed by atoms with Crippen molar-refractivity contribution in [2.75, 3.05) is 0 Å². The lowest BCUT2D eigenvalue weighted by atomic mass is 10.1. The average molecular weight is 310 g/mol. The maximum atomic E-state index is 14.0. The number of fused-ring (bicyclic) bond motifs is 1. The molecule has 0 amide bonds. The zero-order valence-corrected chi connectivity index (χ0v) is 13.7. The fourth-order valence-electron chi connectivity index (χ4n) is 2.83. The molecule has 0 unspecified atom stereocenters. The molecule has 23 heavy (non-hydrogen) atoms. The Morgan fingerprint density at radius 1 is 1.04 bits per heavy atom. The van der Waals surface area contributed by atoms with E-state index in [2.05, 4.69) is 48.1 Å². The summed E-state index contributed by atoms with van der Waals surface area (Å²) < 4.78 is 16.1. The van der Waals surface area contributed by atoms with Gasteiger partial charge in [-0.3, -0.25) is 0 Å². The Bertz CT molecular complexity index is 791. The maximum Gasteiger partial charge on any atom is 0.128 e. The van der Waals surface area contributed by atoms with Crippen molar-refractivity contribution in [3.05, 3.63) is 71.7 Å². The van der Waals surface area contributed by atoms with Gasteiger partial charge in [-0.2, -0.15) is 0 Å². The third-order valence-corrected chi connectivity index (χ3v) is 4.42. The highest BCUT2D eigenvalue weighted by atomic mass is 19.1. The molecule has 1 heterocycles. The van der Waals surface area contributed by atoms with Gasteiger partial charge in [0.2, 0.25) is 0 Å². The van der Waals surface area contributed by atoms with Crippen molar-refractivity contribution in [2.24, 2.45) is 0 Å². The van der Waals surface area contributed by atoms with Gasteiger partial charge in [0.15, 0.2) is 0 Å². The van der Waals surface area contributed by atoms with Gasteiger partial charge in [-0.25, -0.2) is 4.39 Å². The van der Waals surface area contributed by atoms with Crippen molar-refractivity contribution in [3.8, 4) is 0 Å². The van der Waals surface area contributed by atoms with Crippen LogP contribution < -0.4 is 5.32 Å². The third kappa shape index (κ3) is 3.45. The van der Waals surface area contributed by atoms with E-state index in [-0.39, 0.29) is 5.82 Å². The van der Waals surface area contributed by atoms with Crippen LogP contribution in [0.1, 0.15) is 31.4 Å². The normalized spacial score (nSPS) is 12.7. The van der Waals surface area contributed by atoms with E-state index in [0.29, 0.717) is 12.6 Å². The first-order valence-corrected chi connectivity index (χ1v) is 8.22. The third-order valence-electron chi connectivity index (χ3n) is 4.42. The molecule has 1 aromatic heterocycles. The second-order valence-corrected chi connectivity index (χ2v) is 6.08. The molecule has 0 bridgehead atoms. The molecule has 0 aliphatic carbocycles. The fourth-order valence-corrected chi connectivity index (χ4v) is 2.83. The van der Waals surface area contributed by atoms with Crippen LogP contribution in [0.5, 0.6) is 0 Å². The minimum atomic E-state index is -0.149. The Morgan fingerprint density at radius 2 is 1.78 bits per heavy atom. The predicted octanol–water partition coefficient (Wildman–Crippen LogP) is 4.72. The van der Waals surface area contributed by atoms with Crippen LogP contribution in [0.25, 0.3) is 10.9 Å². The molecule has 0 radical (unpaired) electrons. The van der Waals surface area contributed by atoms with E-state index < -0.39 is 0 Å². The summed E-state index contributed by atoms with van der Waals surface area (Å²) in [7, 11) is 0. The minimum Gasteiger partial charge on any atom is -0.343 e. The lowest BCUT2D eigenvalue weighted by molar-refractivity contribution is 0.534. The number of rotatable bonds is 6. The van der Waals surface area contributed by atoms with Crippen molar-refractivity contribution in [2.45, 2.75) is 39.4 Å². The van der Waals surface area contributed by atoms with Crippen LogP contribution in [0, 0.1) is 5.82 Å². The molecule has 3 aromatic rings. The largest absolute Gasteiger partial charge is 0.343 e. The summed E-state index contributed by atoms with van der Waals surface area (Å²) in [6, 6.07) is 15.8. The Hall–Kier alpha value is -2.13. The maximum absolute atomic E-state index is 14.0. The van der Waals surface area contributed by atoms with Crippen LogP contribution >= 0.6 is 0 Å². The molecule has 0 spiro atoms. The second-order valence-electron chi connectivity index (χ2n) is 6.08. The SMILES string of the molecule is CC[C@H](C)NCc1cn(Cc2ccccc2F)c2ccccc12. The lowest BCUT2D eigenvalue weighted by Crippen LogP contribution is -2.24. The number of aromatic nitrogens is 1. The molecule has 0 aliphatic heterocycles. The highest BCUT2D eigenvalue weighted by Crippen LogP contribution is 2.23. The Morgan fingerprint density at radius 3 is 2.57 bits per heavy atom. The van der Waals surface area contributed by atoms with Crippen LogP contribution in [0.4, 0.5) is 4.39 Å². The molecule has 0 saturated heterocycles. The lowest BCUT2D eigenvalue weighted by Gasteiger charge is -2.10. The molecule has 1 atom stereocenters. The molecule has 3 rings (SSSR count). The summed E-state index contributed by atoms with van der Waals surface area (Å²) in [4.78, 5) is 0. The van der Waals surface area contributed by atoms with Crippen LogP contribution in [0.2, 0.25) is 0 Å². The van der Waals surface area contributed by atoms with Gasteiger partial charge in [-0.1, -0.05) is 43.3 Å². The number of nitrogens with one attached hydrogen (secondary N) is 1. The van der Waals surface area contributed by atoms with Crippen LogP contribution in [0.3, 0.4) is 0 Å². The minimum absolute atomic E-state index is 0.149. The summed E-state index contributed by atoms with van der Waals surface area (Å²) in [5.74, 6) is -0.149. The number of benzene rings is 2. The van der Waals surface area contributed by atoms with Gasteiger partial charge in [0.25, 0.3) is 0 Å². The van der Waals surface area contributed by atoms with Crippen LogP contribution in [-0.2, 0) is 13.1 Å². The van der Waals surface area contributed by atoms with Crippen molar-refractivity contribution < 1.29 is 4.39 Å². The highest BCUT2D eigenvalue weighted by Gasteiger charge is 2.10. The quantitative estimate of drug-likeness (QED) is 0.697. The van der Waals surface area contributed by atoms with E-state index in [1.807, 2.05) is 18.2 Å². The first kappa shape index (κ1) is 15.8. The molecule has 2 nitrogen and oxygen atoms in total. The monoisotopic (exact) mass is 310 g/mol. The van der Waals surface area contributed by atoms with E-state index in [1.54, 1.807) is 6.07 Å². The average Bonchev–Trinajstić information content (AvgIpc) is 2.93. The predicted molar refractivity (Wildman–Crippen MR) is 94.0 cm³/mol.